The van der Waals surface area contributed by atoms with Crippen molar-refractivity contribution in [1.82, 2.24) is 9.38 Å². The zero-order valence-electron chi connectivity index (χ0n) is 10.8. The van der Waals surface area contributed by atoms with E-state index >= 15 is 0 Å². The number of rotatable bonds is 1. The van der Waals surface area contributed by atoms with Crippen LogP contribution < -0.4 is 0 Å². The van der Waals surface area contributed by atoms with Crippen LogP contribution in [0.25, 0.3) is 5.65 Å². The molecule has 0 aliphatic carbocycles. The summed E-state index contributed by atoms with van der Waals surface area (Å²) in [5.74, 6) is 0.484. The molecule has 2 aromatic heterocycles. The average molecular weight is 216 g/mol. The summed E-state index contributed by atoms with van der Waals surface area (Å²) in [7, 11) is 0. The van der Waals surface area contributed by atoms with E-state index in [2.05, 4.69) is 68.5 Å². The molecule has 2 nitrogen and oxygen atoms in total. The number of aromatic nitrogens is 2. The Balaban J connectivity index is 2.54. The predicted octanol–water partition coefficient (Wildman–Crippen LogP) is 3.76. The van der Waals surface area contributed by atoms with Gasteiger partial charge >= 0.3 is 0 Å². The maximum atomic E-state index is 4.60. The quantitative estimate of drug-likeness (QED) is 0.709. The SMILES string of the molecule is CC(C)c1cn2cc(C(C)(C)C)ccc2n1. The van der Waals surface area contributed by atoms with Crippen molar-refractivity contribution < 1.29 is 0 Å². The van der Waals surface area contributed by atoms with Gasteiger partial charge in [0.15, 0.2) is 0 Å². The van der Waals surface area contributed by atoms with E-state index in [-0.39, 0.29) is 5.41 Å². The van der Waals surface area contributed by atoms with Gasteiger partial charge in [-0.2, -0.15) is 0 Å². The van der Waals surface area contributed by atoms with Crippen LogP contribution in [0.2, 0.25) is 0 Å². The van der Waals surface area contributed by atoms with Crippen LogP contribution in [-0.2, 0) is 5.41 Å². The summed E-state index contributed by atoms with van der Waals surface area (Å²) in [6.45, 7) is 11.0. The third-order valence-corrected chi connectivity index (χ3v) is 2.93. The Hall–Kier alpha value is -1.31. The molecule has 0 bridgehead atoms. The highest BCUT2D eigenvalue weighted by Gasteiger charge is 2.14. The Morgan fingerprint density at radius 1 is 1.12 bits per heavy atom. The van der Waals surface area contributed by atoms with Crippen molar-refractivity contribution in [2.24, 2.45) is 0 Å². The molecule has 0 radical (unpaired) electrons. The highest BCUT2D eigenvalue weighted by atomic mass is 15.0. The second kappa shape index (κ2) is 3.62. The molecular formula is C14H20N2. The number of nitrogens with zero attached hydrogens (tertiary/aromatic N) is 2. The number of pyridine rings is 1. The molecule has 0 saturated carbocycles. The summed E-state index contributed by atoms with van der Waals surface area (Å²) >= 11 is 0. The third kappa shape index (κ3) is 1.97. The van der Waals surface area contributed by atoms with Crippen LogP contribution in [0, 0.1) is 0 Å². The Morgan fingerprint density at radius 3 is 2.38 bits per heavy atom. The molecule has 0 atom stereocenters. The Labute approximate surface area is 97.3 Å². The first-order chi connectivity index (χ1) is 7.38. The van der Waals surface area contributed by atoms with Crippen LogP contribution in [0.4, 0.5) is 0 Å². The first-order valence-corrected chi connectivity index (χ1v) is 5.87. The van der Waals surface area contributed by atoms with E-state index in [1.165, 1.54) is 5.56 Å². The molecule has 0 amide bonds. The Kier molecular flexibility index (Phi) is 2.53. The van der Waals surface area contributed by atoms with E-state index in [4.69, 9.17) is 0 Å². The van der Waals surface area contributed by atoms with Crippen LogP contribution in [0.5, 0.6) is 0 Å². The normalized spacial score (nSPS) is 12.6. The minimum Gasteiger partial charge on any atom is -0.307 e. The van der Waals surface area contributed by atoms with Gasteiger partial charge in [-0.15, -0.1) is 0 Å². The van der Waals surface area contributed by atoms with Crippen molar-refractivity contribution >= 4 is 5.65 Å². The van der Waals surface area contributed by atoms with Crippen molar-refractivity contribution in [2.45, 2.75) is 46.0 Å². The molecule has 2 heterocycles. The van der Waals surface area contributed by atoms with Crippen LogP contribution in [0.15, 0.2) is 24.5 Å². The topological polar surface area (TPSA) is 17.3 Å². The Bertz CT molecular complexity index is 501. The van der Waals surface area contributed by atoms with Gasteiger partial charge in [-0.1, -0.05) is 40.7 Å². The number of imidazole rings is 1. The zero-order valence-corrected chi connectivity index (χ0v) is 10.8. The van der Waals surface area contributed by atoms with E-state index in [1.54, 1.807) is 0 Å². The molecule has 0 spiro atoms. The van der Waals surface area contributed by atoms with Gasteiger partial charge in [-0.3, -0.25) is 0 Å². The molecule has 0 saturated heterocycles. The summed E-state index contributed by atoms with van der Waals surface area (Å²) in [4.78, 5) is 4.60. The molecule has 2 rings (SSSR count). The molecule has 0 fully saturated rings. The smallest absolute Gasteiger partial charge is 0.136 e. The molecule has 16 heavy (non-hydrogen) atoms. The number of hydrogen-bond acceptors (Lipinski definition) is 1. The van der Waals surface area contributed by atoms with Gasteiger partial charge < -0.3 is 4.40 Å². The first-order valence-electron chi connectivity index (χ1n) is 5.87. The summed E-state index contributed by atoms with van der Waals surface area (Å²) in [5, 5.41) is 0. The van der Waals surface area contributed by atoms with E-state index in [0.717, 1.165) is 11.3 Å². The molecule has 0 N–H and O–H groups in total. The molecule has 0 aromatic carbocycles. The minimum atomic E-state index is 0.191. The van der Waals surface area contributed by atoms with Crippen LogP contribution >= 0.6 is 0 Å². The van der Waals surface area contributed by atoms with E-state index < -0.39 is 0 Å². The lowest BCUT2D eigenvalue weighted by atomic mass is 9.88. The summed E-state index contributed by atoms with van der Waals surface area (Å²) < 4.78 is 2.13. The number of fused-ring (bicyclic) bond motifs is 1. The van der Waals surface area contributed by atoms with Crippen LogP contribution in [-0.4, -0.2) is 9.38 Å². The lowest BCUT2D eigenvalue weighted by Gasteiger charge is -2.18. The fraction of sp³-hybridized carbons (Fsp3) is 0.500. The Morgan fingerprint density at radius 2 is 1.81 bits per heavy atom. The van der Waals surface area contributed by atoms with Gasteiger partial charge in [-0.25, -0.2) is 4.98 Å². The second-order valence-corrected chi connectivity index (χ2v) is 5.75. The summed E-state index contributed by atoms with van der Waals surface area (Å²) in [5.41, 5.74) is 3.73. The predicted molar refractivity (Wildman–Crippen MR) is 68.0 cm³/mol. The van der Waals surface area contributed by atoms with Gasteiger partial charge in [0, 0.05) is 12.4 Å². The maximum Gasteiger partial charge on any atom is 0.136 e. The lowest BCUT2D eigenvalue weighted by molar-refractivity contribution is 0.586. The van der Waals surface area contributed by atoms with Crippen LogP contribution in [0.3, 0.4) is 0 Å². The molecule has 86 valence electrons. The molecule has 2 aromatic rings. The largest absolute Gasteiger partial charge is 0.307 e. The fourth-order valence-corrected chi connectivity index (χ4v) is 1.73. The lowest BCUT2D eigenvalue weighted by Crippen LogP contribution is -2.11. The van der Waals surface area contributed by atoms with Gasteiger partial charge in [0.2, 0.25) is 0 Å². The summed E-state index contributed by atoms with van der Waals surface area (Å²) in [6, 6.07) is 4.28. The molecule has 0 aliphatic heterocycles. The minimum absolute atomic E-state index is 0.191. The monoisotopic (exact) mass is 216 g/mol. The van der Waals surface area contributed by atoms with Gasteiger partial charge in [0.05, 0.1) is 5.69 Å². The average Bonchev–Trinajstić information content (AvgIpc) is 2.58. The van der Waals surface area contributed by atoms with Gasteiger partial charge in [0.1, 0.15) is 5.65 Å². The van der Waals surface area contributed by atoms with Crippen molar-refractivity contribution in [1.29, 1.82) is 0 Å². The number of hydrogen-bond donors (Lipinski definition) is 0. The molecule has 0 aliphatic rings. The van der Waals surface area contributed by atoms with Crippen molar-refractivity contribution in [3.05, 3.63) is 35.8 Å². The standard InChI is InChI=1S/C14H20N2/c1-10(2)12-9-16-8-11(14(3,4)5)6-7-13(16)15-12/h6-10H,1-5H3. The highest BCUT2D eigenvalue weighted by Crippen LogP contribution is 2.23. The third-order valence-electron chi connectivity index (χ3n) is 2.93. The fourth-order valence-electron chi connectivity index (χ4n) is 1.73. The van der Waals surface area contributed by atoms with Crippen molar-refractivity contribution in [2.75, 3.05) is 0 Å². The van der Waals surface area contributed by atoms with Crippen LogP contribution in [0.1, 0.15) is 51.8 Å². The molecular weight excluding hydrogens is 196 g/mol. The van der Waals surface area contributed by atoms with E-state index in [1.807, 2.05) is 0 Å². The molecule has 2 heteroatoms. The van der Waals surface area contributed by atoms with E-state index in [9.17, 15) is 0 Å². The van der Waals surface area contributed by atoms with E-state index in [0.29, 0.717) is 5.92 Å². The van der Waals surface area contributed by atoms with Crippen molar-refractivity contribution in [3.63, 3.8) is 0 Å². The highest BCUT2D eigenvalue weighted by molar-refractivity contribution is 5.43. The van der Waals surface area contributed by atoms with Gasteiger partial charge in [-0.05, 0) is 23.0 Å². The molecule has 0 unspecified atom stereocenters. The zero-order chi connectivity index (χ0) is 11.9. The maximum absolute atomic E-state index is 4.60. The summed E-state index contributed by atoms with van der Waals surface area (Å²) in [6.07, 6.45) is 4.32. The van der Waals surface area contributed by atoms with Crippen molar-refractivity contribution in [3.8, 4) is 0 Å². The van der Waals surface area contributed by atoms with Gasteiger partial charge in [0.25, 0.3) is 0 Å². The first kappa shape index (κ1) is 11.2. The second-order valence-electron chi connectivity index (χ2n) is 5.75.